The topological polar surface area (TPSA) is 118 Å². The van der Waals surface area contributed by atoms with Gasteiger partial charge in [-0.15, -0.1) is 0 Å². The van der Waals surface area contributed by atoms with Gasteiger partial charge in [0, 0.05) is 35.3 Å². The third kappa shape index (κ3) is 5.02. The lowest BCUT2D eigenvalue weighted by molar-refractivity contribution is -0.109. The van der Waals surface area contributed by atoms with Crippen molar-refractivity contribution in [2.75, 3.05) is 24.6 Å². The maximum Gasteiger partial charge on any atom is 0.410 e. The number of rotatable bonds is 5. The molecule has 42 heavy (non-hydrogen) atoms. The number of carbonyl (C=O) groups is 2. The van der Waals surface area contributed by atoms with Crippen LogP contribution in [0.2, 0.25) is 5.02 Å². The number of fused-ring (bicyclic) bond motifs is 4. The van der Waals surface area contributed by atoms with Gasteiger partial charge in [-0.3, -0.25) is 14.7 Å². The standard InChI is InChI=1S/C30H29ClFN5O5/c1-30(2,3)42-29(40)37-17-7-8-18(37)15-36(14-17)27-21-13-33-25(24(32)26(21)34-28(35-27)41-10-9-38)20-12-19(39)11-16-5-4-6-22(31)23(16)20/h4-6,9,11-13,17-18,39H,7-8,10,14-15H2,1-3H3. The number of aldehydes is 1. The number of aromatic nitrogens is 3. The van der Waals surface area contributed by atoms with E-state index < -0.39 is 11.4 Å². The van der Waals surface area contributed by atoms with Gasteiger partial charge >= 0.3 is 12.1 Å². The van der Waals surface area contributed by atoms with Crippen molar-refractivity contribution < 1.29 is 28.6 Å². The number of piperazine rings is 1. The van der Waals surface area contributed by atoms with Crippen molar-refractivity contribution >= 4 is 51.5 Å². The summed E-state index contributed by atoms with van der Waals surface area (Å²) < 4.78 is 27.5. The molecule has 4 aromatic rings. The minimum atomic E-state index is -0.755. The second kappa shape index (κ2) is 10.5. The smallest absolute Gasteiger partial charge is 0.410 e. The van der Waals surface area contributed by atoms with Gasteiger partial charge in [-0.25, -0.2) is 9.18 Å². The molecule has 2 aliphatic rings. The fourth-order valence-electron chi connectivity index (χ4n) is 5.87. The lowest BCUT2D eigenvalue weighted by Crippen LogP contribution is -2.57. The highest BCUT2D eigenvalue weighted by Gasteiger charge is 2.45. The zero-order valence-corrected chi connectivity index (χ0v) is 24.1. The molecule has 10 nitrogen and oxygen atoms in total. The second-order valence-electron chi connectivity index (χ2n) is 11.5. The van der Waals surface area contributed by atoms with Crippen LogP contribution in [-0.2, 0) is 9.53 Å². The molecule has 12 heteroatoms. The first-order chi connectivity index (χ1) is 20.0. The first-order valence-electron chi connectivity index (χ1n) is 13.6. The minimum Gasteiger partial charge on any atom is -0.508 e. The zero-order valence-electron chi connectivity index (χ0n) is 23.3. The number of carbonyl (C=O) groups excluding carboxylic acids is 2. The predicted molar refractivity (Wildman–Crippen MR) is 156 cm³/mol. The van der Waals surface area contributed by atoms with Crippen LogP contribution >= 0.6 is 11.6 Å². The zero-order chi connectivity index (χ0) is 29.8. The molecule has 0 aliphatic carbocycles. The van der Waals surface area contributed by atoms with Gasteiger partial charge in [0.2, 0.25) is 0 Å². The molecule has 0 radical (unpaired) electrons. The number of phenols is 1. The third-order valence-corrected chi connectivity index (χ3v) is 7.79. The number of anilines is 1. The maximum absolute atomic E-state index is 16.4. The number of nitrogens with zero attached hydrogens (tertiary/aromatic N) is 5. The number of ether oxygens (including phenoxy) is 2. The highest BCUT2D eigenvalue weighted by molar-refractivity contribution is 6.36. The summed E-state index contributed by atoms with van der Waals surface area (Å²) in [5.41, 5.74) is -0.434. The van der Waals surface area contributed by atoms with E-state index in [0.29, 0.717) is 51.9 Å². The molecule has 2 aromatic heterocycles. The molecule has 2 atom stereocenters. The van der Waals surface area contributed by atoms with Gasteiger partial charge in [-0.05, 0) is 57.2 Å². The largest absolute Gasteiger partial charge is 0.508 e. The van der Waals surface area contributed by atoms with Gasteiger partial charge in [-0.1, -0.05) is 23.7 Å². The summed E-state index contributed by atoms with van der Waals surface area (Å²) in [6.07, 6.45) is 3.27. The van der Waals surface area contributed by atoms with Gasteiger partial charge in [-0.2, -0.15) is 9.97 Å². The van der Waals surface area contributed by atoms with E-state index in [9.17, 15) is 14.7 Å². The molecule has 6 rings (SSSR count). The third-order valence-electron chi connectivity index (χ3n) is 7.48. The van der Waals surface area contributed by atoms with E-state index >= 15 is 4.39 Å². The maximum atomic E-state index is 16.4. The normalized spacial score (nSPS) is 18.5. The molecular weight excluding hydrogens is 565 g/mol. The first-order valence-corrected chi connectivity index (χ1v) is 14.0. The van der Waals surface area contributed by atoms with Gasteiger partial charge in [0.05, 0.1) is 17.5 Å². The van der Waals surface area contributed by atoms with Crippen LogP contribution in [0, 0.1) is 5.82 Å². The fraction of sp³-hybridized carbons (Fsp3) is 0.367. The number of hydrogen-bond acceptors (Lipinski definition) is 9. The van der Waals surface area contributed by atoms with Crippen molar-refractivity contribution in [3.8, 4) is 23.0 Å². The second-order valence-corrected chi connectivity index (χ2v) is 11.9. The Kier molecular flexibility index (Phi) is 7.00. The molecule has 0 saturated carbocycles. The molecule has 1 amide bonds. The summed E-state index contributed by atoms with van der Waals surface area (Å²) in [5.74, 6) is -0.439. The Morgan fingerprint density at radius 3 is 2.62 bits per heavy atom. The Morgan fingerprint density at radius 2 is 1.93 bits per heavy atom. The average Bonchev–Trinajstić information content (AvgIpc) is 3.20. The van der Waals surface area contributed by atoms with Crippen LogP contribution in [0.15, 0.2) is 36.5 Å². The van der Waals surface area contributed by atoms with E-state index in [1.807, 2.05) is 25.7 Å². The Bertz CT molecular complexity index is 1710. The van der Waals surface area contributed by atoms with Crippen LogP contribution in [0.3, 0.4) is 0 Å². The van der Waals surface area contributed by atoms with Crippen LogP contribution < -0.4 is 9.64 Å². The van der Waals surface area contributed by atoms with Crippen molar-refractivity contribution in [2.45, 2.75) is 51.3 Å². The number of amides is 1. The first kappa shape index (κ1) is 27.9. The van der Waals surface area contributed by atoms with E-state index in [4.69, 9.17) is 21.1 Å². The SMILES string of the molecule is CC(C)(C)OC(=O)N1C2CCC1CN(c1nc(OCC=O)nc3c(F)c(-c4cc(O)cc5cccc(Cl)c45)ncc13)C2. The highest BCUT2D eigenvalue weighted by Crippen LogP contribution is 2.40. The molecule has 2 unspecified atom stereocenters. The van der Waals surface area contributed by atoms with Crippen molar-refractivity contribution in [3.63, 3.8) is 0 Å². The summed E-state index contributed by atoms with van der Waals surface area (Å²) in [4.78, 5) is 41.1. The molecule has 2 aromatic carbocycles. The van der Waals surface area contributed by atoms with Crippen LogP contribution in [0.1, 0.15) is 33.6 Å². The van der Waals surface area contributed by atoms with E-state index in [-0.39, 0.29) is 47.8 Å². The summed E-state index contributed by atoms with van der Waals surface area (Å²) in [5, 5.41) is 12.3. The molecule has 4 heterocycles. The number of aromatic hydroxyl groups is 1. The molecule has 2 saturated heterocycles. The Labute approximate surface area is 246 Å². The van der Waals surface area contributed by atoms with Gasteiger partial charge in [0.1, 0.15) is 35.0 Å². The van der Waals surface area contributed by atoms with Gasteiger partial charge in [0.25, 0.3) is 0 Å². The van der Waals surface area contributed by atoms with Crippen molar-refractivity contribution in [3.05, 3.63) is 47.4 Å². The van der Waals surface area contributed by atoms with Crippen LogP contribution in [0.5, 0.6) is 11.8 Å². The molecule has 2 fully saturated rings. The number of phenolic OH excluding ortho intramolecular Hbond substituents is 1. The lowest BCUT2D eigenvalue weighted by Gasteiger charge is -2.42. The van der Waals surface area contributed by atoms with Crippen LogP contribution in [0.25, 0.3) is 32.9 Å². The lowest BCUT2D eigenvalue weighted by atomic mass is 10.00. The number of pyridine rings is 1. The number of benzene rings is 2. The van der Waals surface area contributed by atoms with Crippen molar-refractivity contribution in [1.29, 1.82) is 0 Å². The molecule has 0 spiro atoms. The van der Waals surface area contributed by atoms with E-state index in [2.05, 4.69) is 15.0 Å². The Balaban J connectivity index is 1.45. The Morgan fingerprint density at radius 1 is 1.19 bits per heavy atom. The van der Waals surface area contributed by atoms with Crippen LogP contribution in [-0.4, -0.2) is 74.7 Å². The number of hydrogen-bond donors (Lipinski definition) is 1. The van der Waals surface area contributed by atoms with E-state index in [0.717, 1.165) is 12.8 Å². The minimum absolute atomic E-state index is 0.0581. The fourth-order valence-corrected chi connectivity index (χ4v) is 6.15. The molecular formula is C30H29ClFN5O5. The summed E-state index contributed by atoms with van der Waals surface area (Å²) in [6.45, 7) is 6.06. The average molecular weight is 594 g/mol. The highest BCUT2D eigenvalue weighted by atomic mass is 35.5. The summed E-state index contributed by atoms with van der Waals surface area (Å²) >= 11 is 6.49. The monoisotopic (exact) mass is 593 g/mol. The van der Waals surface area contributed by atoms with E-state index in [1.165, 1.54) is 12.3 Å². The van der Waals surface area contributed by atoms with Gasteiger partial charge < -0.3 is 19.5 Å². The quantitative estimate of drug-likeness (QED) is 0.299. The summed E-state index contributed by atoms with van der Waals surface area (Å²) in [7, 11) is 0. The van der Waals surface area contributed by atoms with Crippen molar-refractivity contribution in [1.82, 2.24) is 19.9 Å². The van der Waals surface area contributed by atoms with Crippen LogP contribution in [0.4, 0.5) is 15.0 Å². The van der Waals surface area contributed by atoms with Crippen molar-refractivity contribution in [2.24, 2.45) is 0 Å². The van der Waals surface area contributed by atoms with Gasteiger partial charge in [0.15, 0.2) is 12.1 Å². The molecule has 2 aliphatic heterocycles. The predicted octanol–water partition coefficient (Wildman–Crippen LogP) is 5.51. The molecule has 1 N–H and O–H groups in total. The summed E-state index contributed by atoms with van der Waals surface area (Å²) in [6, 6.07) is 7.72. The Hall–Kier alpha value is -4.25. The molecule has 2 bridgehead atoms. The van der Waals surface area contributed by atoms with E-state index in [1.54, 1.807) is 29.2 Å². The molecule has 218 valence electrons. The number of halogens is 2.